The molecule has 0 aliphatic rings. The van der Waals surface area contributed by atoms with Crippen molar-refractivity contribution in [2.75, 3.05) is 19.6 Å². The molecular formula is C12H25NO3. The maximum atomic E-state index is 10.8. The summed E-state index contributed by atoms with van der Waals surface area (Å²) in [7, 11) is 0. The van der Waals surface area contributed by atoms with Crippen LogP contribution in [0.25, 0.3) is 0 Å². The van der Waals surface area contributed by atoms with Gasteiger partial charge < -0.3 is 10.2 Å². The van der Waals surface area contributed by atoms with Crippen molar-refractivity contribution in [3.05, 3.63) is 0 Å². The summed E-state index contributed by atoms with van der Waals surface area (Å²) in [5.74, 6) is -1.03. The summed E-state index contributed by atoms with van der Waals surface area (Å²) in [6.45, 7) is 11.1. The Kier molecular flexibility index (Phi) is 5.97. The molecule has 0 amide bonds. The average molecular weight is 231 g/mol. The van der Waals surface area contributed by atoms with Gasteiger partial charge in [0.2, 0.25) is 0 Å². The van der Waals surface area contributed by atoms with Crippen LogP contribution in [-0.2, 0) is 4.79 Å². The van der Waals surface area contributed by atoms with E-state index in [1.165, 1.54) is 0 Å². The van der Waals surface area contributed by atoms with E-state index < -0.39 is 17.5 Å². The molecule has 0 radical (unpaired) electrons. The number of aliphatic carboxylic acids is 1. The van der Waals surface area contributed by atoms with E-state index in [1.807, 2.05) is 25.7 Å². The zero-order valence-electron chi connectivity index (χ0n) is 11.0. The number of carboxylic acids is 1. The van der Waals surface area contributed by atoms with Crippen molar-refractivity contribution in [2.45, 2.75) is 40.2 Å². The molecule has 96 valence electrons. The van der Waals surface area contributed by atoms with Gasteiger partial charge in [-0.1, -0.05) is 27.7 Å². The van der Waals surface area contributed by atoms with Crippen LogP contribution in [0.5, 0.6) is 0 Å². The Morgan fingerprint density at radius 2 is 1.88 bits per heavy atom. The Bertz CT molecular complexity index is 226. The third-order valence-corrected chi connectivity index (χ3v) is 3.19. The molecule has 0 aliphatic carbocycles. The molecule has 2 unspecified atom stereocenters. The zero-order chi connectivity index (χ0) is 12.9. The molecule has 0 fully saturated rings. The van der Waals surface area contributed by atoms with Crippen molar-refractivity contribution in [1.29, 1.82) is 0 Å². The van der Waals surface area contributed by atoms with Crippen molar-refractivity contribution in [3.8, 4) is 0 Å². The van der Waals surface area contributed by atoms with E-state index in [9.17, 15) is 9.90 Å². The highest BCUT2D eigenvalue weighted by Crippen LogP contribution is 2.18. The highest BCUT2D eigenvalue weighted by atomic mass is 16.4. The van der Waals surface area contributed by atoms with Gasteiger partial charge in [0.1, 0.15) is 0 Å². The van der Waals surface area contributed by atoms with Crippen LogP contribution >= 0.6 is 0 Å². The van der Waals surface area contributed by atoms with Gasteiger partial charge in [0.25, 0.3) is 0 Å². The largest absolute Gasteiger partial charge is 0.481 e. The standard InChI is InChI=1S/C12H25NO3/c1-6-13(7-10(4)11(14)15)8-12(5,16)9(2)3/h9-10,16H,6-8H2,1-5H3,(H,14,15). The minimum atomic E-state index is -0.789. The summed E-state index contributed by atoms with van der Waals surface area (Å²) in [4.78, 5) is 12.7. The van der Waals surface area contributed by atoms with Gasteiger partial charge in [-0.3, -0.25) is 9.69 Å². The summed E-state index contributed by atoms with van der Waals surface area (Å²) in [5, 5.41) is 19.0. The molecule has 0 heterocycles. The molecule has 0 bridgehead atoms. The normalized spacial score (nSPS) is 17.5. The van der Waals surface area contributed by atoms with E-state index in [0.717, 1.165) is 6.54 Å². The van der Waals surface area contributed by atoms with E-state index in [4.69, 9.17) is 5.11 Å². The second-order valence-corrected chi connectivity index (χ2v) is 5.08. The first-order valence-electron chi connectivity index (χ1n) is 5.88. The molecule has 16 heavy (non-hydrogen) atoms. The van der Waals surface area contributed by atoms with Gasteiger partial charge in [0.15, 0.2) is 0 Å². The summed E-state index contributed by atoms with van der Waals surface area (Å²) in [5.41, 5.74) is -0.770. The highest BCUT2D eigenvalue weighted by Gasteiger charge is 2.28. The zero-order valence-corrected chi connectivity index (χ0v) is 11.0. The average Bonchev–Trinajstić information content (AvgIpc) is 2.15. The van der Waals surface area contributed by atoms with Crippen LogP contribution in [0.1, 0.15) is 34.6 Å². The molecule has 4 nitrogen and oxygen atoms in total. The maximum Gasteiger partial charge on any atom is 0.307 e. The minimum absolute atomic E-state index is 0.154. The molecule has 0 aromatic rings. The van der Waals surface area contributed by atoms with Gasteiger partial charge in [0, 0.05) is 13.1 Å². The number of carbonyl (C=O) groups is 1. The first-order valence-corrected chi connectivity index (χ1v) is 5.88. The van der Waals surface area contributed by atoms with Crippen molar-refractivity contribution < 1.29 is 15.0 Å². The number of aliphatic hydroxyl groups is 1. The third-order valence-electron chi connectivity index (χ3n) is 3.19. The Morgan fingerprint density at radius 1 is 1.38 bits per heavy atom. The SMILES string of the molecule is CCN(CC(C)C(=O)O)CC(C)(O)C(C)C. The number of likely N-dealkylation sites (N-methyl/N-ethyl adjacent to an activating group) is 1. The second-order valence-electron chi connectivity index (χ2n) is 5.08. The van der Waals surface area contributed by atoms with Crippen LogP contribution in [0.4, 0.5) is 0 Å². The fourth-order valence-corrected chi connectivity index (χ4v) is 1.41. The van der Waals surface area contributed by atoms with Crippen LogP contribution in [0.3, 0.4) is 0 Å². The van der Waals surface area contributed by atoms with Crippen molar-refractivity contribution in [3.63, 3.8) is 0 Å². The van der Waals surface area contributed by atoms with Crippen LogP contribution < -0.4 is 0 Å². The molecule has 2 atom stereocenters. The van der Waals surface area contributed by atoms with Crippen LogP contribution in [0.15, 0.2) is 0 Å². The Hall–Kier alpha value is -0.610. The molecule has 0 saturated heterocycles. The van der Waals surface area contributed by atoms with Crippen LogP contribution in [0, 0.1) is 11.8 Å². The summed E-state index contributed by atoms with van der Waals surface area (Å²) < 4.78 is 0. The molecule has 0 rings (SSSR count). The van der Waals surface area contributed by atoms with Crippen molar-refractivity contribution >= 4 is 5.97 Å². The lowest BCUT2D eigenvalue weighted by molar-refractivity contribution is -0.142. The van der Waals surface area contributed by atoms with Crippen LogP contribution in [-0.4, -0.2) is 46.3 Å². The molecule has 0 aromatic heterocycles. The maximum absolute atomic E-state index is 10.8. The lowest BCUT2D eigenvalue weighted by Gasteiger charge is -2.34. The van der Waals surface area contributed by atoms with E-state index in [2.05, 4.69) is 0 Å². The quantitative estimate of drug-likeness (QED) is 0.696. The van der Waals surface area contributed by atoms with Gasteiger partial charge in [-0.25, -0.2) is 0 Å². The Morgan fingerprint density at radius 3 is 2.19 bits per heavy atom. The molecule has 0 spiro atoms. The van der Waals surface area contributed by atoms with E-state index in [-0.39, 0.29) is 5.92 Å². The van der Waals surface area contributed by atoms with Gasteiger partial charge >= 0.3 is 5.97 Å². The fraction of sp³-hybridized carbons (Fsp3) is 0.917. The van der Waals surface area contributed by atoms with E-state index >= 15 is 0 Å². The Labute approximate surface area is 98.3 Å². The van der Waals surface area contributed by atoms with Gasteiger partial charge in [-0.05, 0) is 19.4 Å². The Balaban J connectivity index is 4.36. The van der Waals surface area contributed by atoms with Crippen LogP contribution in [0.2, 0.25) is 0 Å². The summed E-state index contributed by atoms with van der Waals surface area (Å²) in [6.07, 6.45) is 0. The lowest BCUT2D eigenvalue weighted by Crippen LogP contribution is -2.46. The third kappa shape index (κ3) is 4.94. The molecule has 0 aliphatic heterocycles. The molecule has 4 heteroatoms. The number of nitrogens with zero attached hydrogens (tertiary/aromatic N) is 1. The number of hydrogen-bond acceptors (Lipinski definition) is 3. The summed E-state index contributed by atoms with van der Waals surface area (Å²) in [6, 6.07) is 0. The van der Waals surface area contributed by atoms with E-state index in [0.29, 0.717) is 13.1 Å². The van der Waals surface area contributed by atoms with E-state index in [1.54, 1.807) is 13.8 Å². The minimum Gasteiger partial charge on any atom is -0.481 e. The number of carboxylic acid groups (broad SMARTS) is 1. The number of hydrogen-bond donors (Lipinski definition) is 2. The second kappa shape index (κ2) is 6.21. The first-order chi connectivity index (χ1) is 7.20. The van der Waals surface area contributed by atoms with Gasteiger partial charge in [0.05, 0.1) is 11.5 Å². The first kappa shape index (κ1) is 15.4. The highest BCUT2D eigenvalue weighted by molar-refractivity contribution is 5.69. The lowest BCUT2D eigenvalue weighted by atomic mass is 9.91. The monoisotopic (exact) mass is 231 g/mol. The van der Waals surface area contributed by atoms with Gasteiger partial charge in [-0.15, -0.1) is 0 Å². The predicted molar refractivity (Wildman–Crippen MR) is 64.4 cm³/mol. The molecule has 2 N–H and O–H groups in total. The van der Waals surface area contributed by atoms with Crippen molar-refractivity contribution in [1.82, 2.24) is 4.90 Å². The topological polar surface area (TPSA) is 60.8 Å². The number of rotatable bonds is 7. The molecule has 0 saturated carbocycles. The van der Waals surface area contributed by atoms with Gasteiger partial charge in [-0.2, -0.15) is 0 Å². The predicted octanol–water partition coefficient (Wildman–Crippen LogP) is 1.44. The summed E-state index contributed by atoms with van der Waals surface area (Å²) >= 11 is 0. The molecular weight excluding hydrogens is 206 g/mol. The van der Waals surface area contributed by atoms with Crippen molar-refractivity contribution in [2.24, 2.45) is 11.8 Å². The fourth-order valence-electron chi connectivity index (χ4n) is 1.41. The smallest absolute Gasteiger partial charge is 0.307 e. The molecule has 0 aromatic carbocycles.